The fraction of sp³-hybridized carbons (Fsp3) is 0.238. The highest BCUT2D eigenvalue weighted by Gasteiger charge is 2.38. The molecule has 2 atom stereocenters. The molecule has 2 aromatic carbocycles. The minimum absolute atomic E-state index is 0.0478. The third-order valence-corrected chi connectivity index (χ3v) is 7.84. The quantitative estimate of drug-likeness (QED) is 0.829. The third kappa shape index (κ3) is 3.32. The molecule has 23 heavy (non-hydrogen) atoms. The van der Waals surface area contributed by atoms with Crippen LogP contribution in [0.2, 0.25) is 0 Å². The van der Waals surface area contributed by atoms with Crippen LogP contribution in [0, 0.1) is 5.41 Å². The van der Waals surface area contributed by atoms with Crippen molar-refractivity contribution in [3.63, 3.8) is 0 Å². The van der Waals surface area contributed by atoms with Gasteiger partial charge >= 0.3 is 0 Å². The molecule has 1 aliphatic rings. The molecule has 1 nitrogen and oxygen atoms in total. The first-order chi connectivity index (χ1) is 11.3. The van der Waals surface area contributed by atoms with Gasteiger partial charge in [-0.1, -0.05) is 91.9 Å². The van der Waals surface area contributed by atoms with E-state index in [4.69, 9.17) is 5.73 Å². The first-order valence-corrected chi connectivity index (χ1v) is 9.62. The zero-order valence-corrected chi connectivity index (χ0v) is 14.5. The van der Waals surface area contributed by atoms with Crippen LogP contribution in [0.3, 0.4) is 0 Å². The van der Waals surface area contributed by atoms with Crippen LogP contribution in [0.25, 0.3) is 0 Å². The average Bonchev–Trinajstić information content (AvgIpc) is 2.64. The van der Waals surface area contributed by atoms with Gasteiger partial charge in [-0.25, -0.2) is 0 Å². The molecule has 0 spiro atoms. The summed E-state index contributed by atoms with van der Waals surface area (Å²) in [5.41, 5.74) is 6.79. The molecule has 3 rings (SSSR count). The average molecular weight is 321 g/mol. The molecular formula is C21H24NP. The smallest absolute Gasteiger partial charge is 0.0113 e. The summed E-state index contributed by atoms with van der Waals surface area (Å²) in [7, 11) is -0.454. The van der Waals surface area contributed by atoms with E-state index in [9.17, 15) is 0 Å². The van der Waals surface area contributed by atoms with Gasteiger partial charge in [-0.3, -0.25) is 0 Å². The van der Waals surface area contributed by atoms with Gasteiger partial charge < -0.3 is 5.73 Å². The van der Waals surface area contributed by atoms with Gasteiger partial charge in [-0.2, -0.15) is 0 Å². The van der Waals surface area contributed by atoms with Crippen molar-refractivity contribution in [1.82, 2.24) is 0 Å². The minimum Gasteiger partial charge on any atom is -0.330 e. The van der Waals surface area contributed by atoms with E-state index < -0.39 is 7.92 Å². The lowest BCUT2D eigenvalue weighted by molar-refractivity contribution is 0.390. The Kier molecular flexibility index (Phi) is 5.10. The van der Waals surface area contributed by atoms with Crippen LogP contribution in [0.5, 0.6) is 0 Å². The zero-order chi connectivity index (χ0) is 16.1. The monoisotopic (exact) mass is 321 g/mol. The summed E-state index contributed by atoms with van der Waals surface area (Å²) in [6, 6.07) is 21.8. The lowest BCUT2D eigenvalue weighted by atomic mass is 9.79. The molecule has 2 N–H and O–H groups in total. The molecule has 0 aromatic heterocycles. The highest BCUT2D eigenvalue weighted by molar-refractivity contribution is 7.73. The number of allylic oxidation sites excluding steroid dienone is 3. The Labute approximate surface area is 140 Å². The fourth-order valence-electron chi connectivity index (χ4n) is 3.34. The van der Waals surface area contributed by atoms with Crippen molar-refractivity contribution >= 4 is 18.5 Å². The largest absolute Gasteiger partial charge is 0.330 e. The number of benzene rings is 2. The van der Waals surface area contributed by atoms with Crippen molar-refractivity contribution in [3.8, 4) is 0 Å². The van der Waals surface area contributed by atoms with Crippen LogP contribution in [-0.2, 0) is 0 Å². The van der Waals surface area contributed by atoms with E-state index in [1.165, 1.54) is 10.6 Å². The molecule has 0 saturated carbocycles. The highest BCUT2D eigenvalue weighted by atomic mass is 31.1. The number of hydrogen-bond donors (Lipinski definition) is 1. The van der Waals surface area contributed by atoms with Gasteiger partial charge in [-0.05, 0) is 30.6 Å². The van der Waals surface area contributed by atoms with Gasteiger partial charge in [0.15, 0.2) is 0 Å². The Morgan fingerprint density at radius 3 is 1.96 bits per heavy atom. The van der Waals surface area contributed by atoms with Crippen molar-refractivity contribution in [2.75, 3.05) is 6.54 Å². The second-order valence-electron chi connectivity index (χ2n) is 6.15. The van der Waals surface area contributed by atoms with Gasteiger partial charge in [0.05, 0.1) is 0 Å². The summed E-state index contributed by atoms with van der Waals surface area (Å²) in [4.78, 5) is 0. The Bertz CT molecular complexity index is 638. The predicted octanol–water partition coefficient (Wildman–Crippen LogP) is 3.97. The van der Waals surface area contributed by atoms with E-state index in [2.05, 4.69) is 91.9 Å². The summed E-state index contributed by atoms with van der Waals surface area (Å²) in [6.07, 6.45) is 9.91. The maximum absolute atomic E-state index is 6.26. The molecule has 0 fully saturated rings. The molecule has 0 aliphatic heterocycles. The fourth-order valence-corrected chi connectivity index (χ4v) is 6.33. The van der Waals surface area contributed by atoms with E-state index in [1.807, 2.05) is 0 Å². The van der Waals surface area contributed by atoms with Crippen molar-refractivity contribution in [2.24, 2.45) is 11.1 Å². The molecular weight excluding hydrogens is 297 g/mol. The number of nitrogens with two attached hydrogens (primary N) is 1. The summed E-state index contributed by atoms with van der Waals surface area (Å²) in [5, 5.41) is 2.86. The molecule has 118 valence electrons. The molecule has 2 heteroatoms. The molecule has 1 aliphatic carbocycles. The van der Waals surface area contributed by atoms with Crippen LogP contribution in [0.15, 0.2) is 85.0 Å². The van der Waals surface area contributed by atoms with Gasteiger partial charge in [0.2, 0.25) is 0 Å². The van der Waals surface area contributed by atoms with Crippen LogP contribution in [0.1, 0.15) is 13.3 Å². The van der Waals surface area contributed by atoms with Crippen molar-refractivity contribution in [3.05, 3.63) is 85.0 Å². The van der Waals surface area contributed by atoms with Gasteiger partial charge in [-0.15, -0.1) is 0 Å². The second-order valence-corrected chi connectivity index (χ2v) is 8.69. The third-order valence-electron chi connectivity index (χ3n) is 4.84. The number of rotatable bonds is 5. The molecule has 0 saturated heterocycles. The second kappa shape index (κ2) is 7.25. The standard InChI is InChI=1S/C21H24NP/c1-18(21(17-22)15-9-4-10-16-21)23(19-11-5-2-6-12-19)20-13-7-3-8-14-20/h2-15,18H,16-17,22H2,1H3. The van der Waals surface area contributed by atoms with Crippen LogP contribution in [-0.4, -0.2) is 12.2 Å². The first kappa shape index (κ1) is 16.2. The Hall–Kier alpha value is -1.69. The molecule has 2 unspecified atom stereocenters. The number of hydrogen-bond acceptors (Lipinski definition) is 1. The zero-order valence-electron chi connectivity index (χ0n) is 13.6. The topological polar surface area (TPSA) is 26.0 Å². The lowest BCUT2D eigenvalue weighted by Crippen LogP contribution is -2.41. The van der Waals surface area contributed by atoms with Crippen LogP contribution >= 0.6 is 7.92 Å². The van der Waals surface area contributed by atoms with Crippen molar-refractivity contribution in [2.45, 2.75) is 19.0 Å². The van der Waals surface area contributed by atoms with E-state index in [0.717, 1.165) is 6.42 Å². The van der Waals surface area contributed by atoms with Crippen molar-refractivity contribution in [1.29, 1.82) is 0 Å². The first-order valence-electron chi connectivity index (χ1n) is 8.21. The van der Waals surface area contributed by atoms with E-state index in [-0.39, 0.29) is 5.41 Å². The van der Waals surface area contributed by atoms with Crippen LogP contribution < -0.4 is 16.3 Å². The van der Waals surface area contributed by atoms with Gasteiger partial charge in [0.1, 0.15) is 0 Å². The predicted molar refractivity (Wildman–Crippen MR) is 103 cm³/mol. The van der Waals surface area contributed by atoms with Gasteiger partial charge in [0, 0.05) is 12.0 Å². The van der Waals surface area contributed by atoms with Gasteiger partial charge in [0.25, 0.3) is 0 Å². The minimum atomic E-state index is -0.454. The maximum atomic E-state index is 6.26. The lowest BCUT2D eigenvalue weighted by Gasteiger charge is -2.41. The molecule has 0 heterocycles. The van der Waals surface area contributed by atoms with E-state index in [0.29, 0.717) is 12.2 Å². The summed E-state index contributed by atoms with van der Waals surface area (Å²) >= 11 is 0. The van der Waals surface area contributed by atoms with E-state index in [1.54, 1.807) is 0 Å². The molecule has 0 amide bonds. The Morgan fingerprint density at radius 2 is 1.52 bits per heavy atom. The normalized spacial score (nSPS) is 21.5. The summed E-state index contributed by atoms with van der Waals surface area (Å²) in [5.74, 6) is 0. The van der Waals surface area contributed by atoms with E-state index >= 15 is 0 Å². The molecule has 2 aromatic rings. The summed E-state index contributed by atoms with van der Waals surface area (Å²) < 4.78 is 0. The molecule has 0 bridgehead atoms. The Balaban J connectivity index is 2.05. The highest BCUT2D eigenvalue weighted by Crippen LogP contribution is 2.50. The summed E-state index contributed by atoms with van der Waals surface area (Å²) in [6.45, 7) is 3.07. The maximum Gasteiger partial charge on any atom is 0.0113 e. The van der Waals surface area contributed by atoms with Crippen LogP contribution in [0.4, 0.5) is 0 Å². The van der Waals surface area contributed by atoms with Crippen molar-refractivity contribution < 1.29 is 0 Å². The Morgan fingerprint density at radius 1 is 0.957 bits per heavy atom. The molecule has 0 radical (unpaired) electrons. The SMILES string of the molecule is CC(P(c1ccccc1)c1ccccc1)C1(CN)C=CC=CC1.